The molecule has 2 amide bonds. The van der Waals surface area contributed by atoms with Crippen LogP contribution in [-0.2, 0) is 12.4 Å². The Labute approximate surface area is 157 Å². The van der Waals surface area contributed by atoms with Gasteiger partial charge >= 0.3 is 6.03 Å². The summed E-state index contributed by atoms with van der Waals surface area (Å²) in [6.45, 7) is 0.567. The molecule has 1 aliphatic heterocycles. The Kier molecular flexibility index (Phi) is 5.16. The fourth-order valence-electron chi connectivity index (χ4n) is 3.26. The van der Waals surface area contributed by atoms with E-state index in [9.17, 15) is 4.79 Å². The van der Waals surface area contributed by atoms with Crippen LogP contribution in [0.25, 0.3) is 0 Å². The summed E-state index contributed by atoms with van der Waals surface area (Å²) in [5.74, 6) is 1.93. The molecule has 0 bridgehead atoms. The highest BCUT2D eigenvalue weighted by Gasteiger charge is 2.31. The third kappa shape index (κ3) is 4.05. The van der Waals surface area contributed by atoms with Crippen molar-refractivity contribution in [1.29, 1.82) is 0 Å². The molecule has 1 fully saturated rings. The molecule has 1 unspecified atom stereocenters. The number of aliphatic imine (C=N–C) groups is 2. The topological polar surface area (TPSA) is 51.0 Å². The molecule has 4 nitrogen and oxygen atoms in total. The first-order valence-electron chi connectivity index (χ1n) is 8.86. The molecule has 1 aliphatic carbocycles. The summed E-state index contributed by atoms with van der Waals surface area (Å²) in [6.07, 6.45) is 3.09. The molecule has 0 spiro atoms. The first-order valence-corrected chi connectivity index (χ1v) is 9.85. The molecule has 26 heavy (non-hydrogen) atoms. The van der Waals surface area contributed by atoms with Crippen LogP contribution in [0, 0.1) is 5.92 Å². The monoisotopic (exact) mass is 364 g/mol. The maximum atomic E-state index is 11.7. The smallest absolute Gasteiger partial charge is 0.367 e. The van der Waals surface area contributed by atoms with Crippen molar-refractivity contribution in [2.45, 2.75) is 31.6 Å². The lowest BCUT2D eigenvalue weighted by Gasteiger charge is -2.16. The molecule has 132 valence electrons. The number of fused-ring (bicyclic) bond motifs is 1. The molecule has 2 aliphatic rings. The average molecular weight is 364 g/mol. The zero-order valence-electron chi connectivity index (χ0n) is 14.4. The van der Waals surface area contributed by atoms with Crippen LogP contribution in [-0.4, -0.2) is 16.8 Å². The Hall–Kier alpha value is -2.40. The Morgan fingerprint density at radius 2 is 1.81 bits per heavy atom. The van der Waals surface area contributed by atoms with Crippen molar-refractivity contribution in [3.8, 4) is 5.75 Å². The summed E-state index contributed by atoms with van der Waals surface area (Å²) in [7, 11) is 0. The lowest BCUT2D eigenvalue weighted by Crippen LogP contribution is -2.22. The molecule has 1 saturated carbocycles. The van der Waals surface area contributed by atoms with Crippen LogP contribution in [0.15, 0.2) is 64.6 Å². The highest BCUT2D eigenvalue weighted by Crippen LogP contribution is 2.32. The molecule has 0 N–H and O–H groups in total. The van der Waals surface area contributed by atoms with Crippen LogP contribution in [0.4, 0.5) is 4.79 Å². The van der Waals surface area contributed by atoms with Gasteiger partial charge in [-0.1, -0.05) is 42.5 Å². The Morgan fingerprint density at radius 1 is 1.00 bits per heavy atom. The SMILES string of the molecule is O=C1N=C2CCCC2C(SCc2ccc(OCc3ccccc3)cc2)=N1. The number of rotatable bonds is 5. The molecule has 4 rings (SSSR count). The molecule has 1 heterocycles. The van der Waals surface area contributed by atoms with Crippen molar-refractivity contribution in [3.63, 3.8) is 0 Å². The number of ether oxygens (including phenoxy) is 1. The van der Waals surface area contributed by atoms with E-state index in [4.69, 9.17) is 4.74 Å². The number of urea groups is 1. The van der Waals surface area contributed by atoms with Gasteiger partial charge in [-0.05, 0) is 42.5 Å². The Bertz CT molecular complexity index is 844. The standard InChI is InChI=1S/C21H20N2O2S/c24-21-22-19-8-4-7-18(19)20(23-21)26-14-16-9-11-17(12-10-16)25-13-15-5-2-1-3-6-15/h1-3,5-6,9-12,18H,4,7-8,13-14H2. The normalized spacial score (nSPS) is 18.9. The van der Waals surface area contributed by atoms with Gasteiger partial charge < -0.3 is 4.74 Å². The first-order chi connectivity index (χ1) is 12.8. The lowest BCUT2D eigenvalue weighted by molar-refractivity contribution is 0.256. The number of nitrogens with zero attached hydrogens (tertiary/aromatic N) is 2. The molecule has 5 heteroatoms. The van der Waals surface area contributed by atoms with Crippen molar-refractivity contribution in [3.05, 3.63) is 65.7 Å². The van der Waals surface area contributed by atoms with E-state index in [0.29, 0.717) is 6.61 Å². The van der Waals surface area contributed by atoms with Gasteiger partial charge in [-0.25, -0.2) is 9.79 Å². The second-order valence-corrected chi connectivity index (χ2v) is 7.48. The minimum Gasteiger partial charge on any atom is -0.489 e. The van der Waals surface area contributed by atoms with Gasteiger partial charge in [-0.3, -0.25) is 0 Å². The lowest BCUT2D eigenvalue weighted by atomic mass is 10.1. The summed E-state index contributed by atoms with van der Waals surface area (Å²) >= 11 is 1.65. The molecule has 2 aromatic rings. The predicted molar refractivity (Wildman–Crippen MR) is 106 cm³/mol. The highest BCUT2D eigenvalue weighted by atomic mass is 32.2. The fourth-order valence-corrected chi connectivity index (χ4v) is 4.37. The molecular formula is C21H20N2O2S. The van der Waals surface area contributed by atoms with Gasteiger partial charge in [0, 0.05) is 17.4 Å². The van der Waals surface area contributed by atoms with Crippen LogP contribution in [0.5, 0.6) is 5.75 Å². The highest BCUT2D eigenvalue weighted by molar-refractivity contribution is 8.13. The molecule has 2 aromatic carbocycles. The Balaban J connectivity index is 1.32. The van der Waals surface area contributed by atoms with Crippen molar-refractivity contribution in [1.82, 2.24) is 0 Å². The molecule has 0 aromatic heterocycles. The maximum Gasteiger partial charge on any atom is 0.367 e. The largest absolute Gasteiger partial charge is 0.489 e. The predicted octanol–water partition coefficient (Wildman–Crippen LogP) is 5.27. The van der Waals surface area contributed by atoms with Crippen molar-refractivity contribution >= 4 is 28.5 Å². The summed E-state index contributed by atoms with van der Waals surface area (Å²) in [5, 5.41) is 0.932. The van der Waals surface area contributed by atoms with Gasteiger partial charge in [0.1, 0.15) is 12.4 Å². The molecular weight excluding hydrogens is 344 g/mol. The van der Waals surface area contributed by atoms with Crippen LogP contribution < -0.4 is 4.74 Å². The van der Waals surface area contributed by atoms with E-state index in [1.165, 1.54) is 5.56 Å². The molecule has 0 radical (unpaired) electrons. The number of carbonyl (C=O) groups excluding carboxylic acids is 1. The number of benzene rings is 2. The fraction of sp³-hybridized carbons (Fsp3) is 0.286. The van der Waals surface area contributed by atoms with Gasteiger partial charge in [0.05, 0.1) is 5.04 Å². The van der Waals surface area contributed by atoms with Crippen molar-refractivity contribution in [2.75, 3.05) is 0 Å². The van der Waals surface area contributed by atoms with Crippen molar-refractivity contribution < 1.29 is 9.53 Å². The van der Waals surface area contributed by atoms with Gasteiger partial charge in [-0.2, -0.15) is 4.99 Å². The second kappa shape index (κ2) is 7.87. The first kappa shape index (κ1) is 17.0. The second-order valence-electron chi connectivity index (χ2n) is 6.49. The van der Waals surface area contributed by atoms with E-state index in [1.54, 1.807) is 11.8 Å². The number of carbonyl (C=O) groups is 1. The average Bonchev–Trinajstić information content (AvgIpc) is 3.14. The van der Waals surface area contributed by atoms with E-state index in [0.717, 1.165) is 47.1 Å². The molecule has 1 atom stereocenters. The van der Waals surface area contributed by atoms with Crippen LogP contribution in [0.2, 0.25) is 0 Å². The summed E-state index contributed by atoms with van der Waals surface area (Å²) in [6, 6.07) is 17.9. The van der Waals surface area contributed by atoms with E-state index >= 15 is 0 Å². The number of hydrogen-bond acceptors (Lipinski definition) is 3. The number of hydrogen-bond donors (Lipinski definition) is 0. The number of thioether (sulfide) groups is 1. The van der Waals surface area contributed by atoms with E-state index < -0.39 is 0 Å². The zero-order chi connectivity index (χ0) is 17.8. The van der Waals surface area contributed by atoms with Crippen LogP contribution in [0.3, 0.4) is 0 Å². The third-order valence-corrected chi connectivity index (χ3v) is 5.78. The quantitative estimate of drug-likeness (QED) is 0.726. The summed E-state index contributed by atoms with van der Waals surface area (Å²) in [4.78, 5) is 19.9. The van der Waals surface area contributed by atoms with E-state index in [1.807, 2.05) is 30.3 Å². The van der Waals surface area contributed by atoms with E-state index in [-0.39, 0.29) is 11.9 Å². The van der Waals surface area contributed by atoms with Crippen LogP contribution in [0.1, 0.15) is 30.4 Å². The van der Waals surface area contributed by atoms with Gasteiger partial charge in [-0.15, -0.1) is 11.8 Å². The summed E-state index contributed by atoms with van der Waals surface area (Å²) in [5.41, 5.74) is 3.37. The van der Waals surface area contributed by atoms with Crippen molar-refractivity contribution in [2.24, 2.45) is 15.9 Å². The Morgan fingerprint density at radius 3 is 2.62 bits per heavy atom. The third-order valence-electron chi connectivity index (χ3n) is 4.63. The minimum absolute atomic E-state index is 0.270. The van der Waals surface area contributed by atoms with Gasteiger partial charge in [0.2, 0.25) is 0 Å². The van der Waals surface area contributed by atoms with Gasteiger partial charge in [0.25, 0.3) is 0 Å². The van der Waals surface area contributed by atoms with E-state index in [2.05, 4.69) is 34.3 Å². The number of amides is 2. The van der Waals surface area contributed by atoms with Crippen LogP contribution >= 0.6 is 11.8 Å². The summed E-state index contributed by atoms with van der Waals surface area (Å²) < 4.78 is 5.82. The molecule has 0 saturated heterocycles. The zero-order valence-corrected chi connectivity index (χ0v) is 15.2. The minimum atomic E-state index is -0.342. The van der Waals surface area contributed by atoms with Gasteiger partial charge in [0.15, 0.2) is 0 Å². The maximum absolute atomic E-state index is 11.7.